The highest BCUT2D eigenvalue weighted by Crippen LogP contribution is 2.30. The van der Waals surface area contributed by atoms with Crippen LogP contribution in [0.4, 0.5) is 11.5 Å². The maximum Gasteiger partial charge on any atom is 0.335 e. The van der Waals surface area contributed by atoms with Gasteiger partial charge in [-0.1, -0.05) is 6.07 Å². The second-order valence-electron chi connectivity index (χ2n) is 4.35. The first kappa shape index (κ1) is 12.2. The number of aromatic nitrogens is 2. The summed E-state index contributed by atoms with van der Waals surface area (Å²) < 4.78 is 4.41. The lowest BCUT2D eigenvalue weighted by molar-refractivity contribution is 0.0696. The van der Waals surface area contributed by atoms with Gasteiger partial charge in [0.15, 0.2) is 0 Å². The molecule has 1 amide bonds. The molecule has 20 heavy (non-hydrogen) atoms. The molecule has 1 aliphatic heterocycles. The smallest absolute Gasteiger partial charge is 0.335 e. The van der Waals surface area contributed by atoms with E-state index in [4.69, 9.17) is 10.8 Å². The molecule has 2 heterocycles. The van der Waals surface area contributed by atoms with Crippen LogP contribution in [0.5, 0.6) is 0 Å². The van der Waals surface area contributed by atoms with E-state index in [1.165, 1.54) is 17.0 Å². The van der Waals surface area contributed by atoms with Crippen LogP contribution in [0.3, 0.4) is 0 Å². The van der Waals surface area contributed by atoms with Gasteiger partial charge >= 0.3 is 5.97 Å². The minimum atomic E-state index is -1.05. The highest BCUT2D eigenvalue weighted by atomic mass is 16.6. The summed E-state index contributed by atoms with van der Waals surface area (Å²) in [5.41, 5.74) is 7.00. The van der Waals surface area contributed by atoms with Crippen LogP contribution >= 0.6 is 0 Å². The molecular weight excluding hydrogens is 264 g/mol. The van der Waals surface area contributed by atoms with Crippen molar-refractivity contribution in [3.05, 3.63) is 35.0 Å². The number of benzene rings is 1. The van der Waals surface area contributed by atoms with E-state index in [1.54, 1.807) is 6.07 Å². The molecule has 8 nitrogen and oxygen atoms in total. The van der Waals surface area contributed by atoms with E-state index >= 15 is 0 Å². The molecule has 0 fully saturated rings. The third kappa shape index (κ3) is 1.78. The second-order valence-corrected chi connectivity index (χ2v) is 4.35. The third-order valence-electron chi connectivity index (χ3n) is 3.19. The monoisotopic (exact) mass is 274 g/mol. The van der Waals surface area contributed by atoms with E-state index in [1.807, 2.05) is 0 Å². The van der Waals surface area contributed by atoms with Gasteiger partial charge in [-0.15, -0.1) is 0 Å². The van der Waals surface area contributed by atoms with Crippen LogP contribution in [0.1, 0.15) is 26.4 Å². The fraction of sp³-hybridized carbons (Fsp3) is 0.167. The molecule has 0 saturated carbocycles. The number of aromatic carboxylic acids is 1. The third-order valence-corrected chi connectivity index (χ3v) is 3.19. The first-order chi connectivity index (χ1) is 9.58. The number of amides is 1. The Morgan fingerprint density at radius 2 is 2.15 bits per heavy atom. The second kappa shape index (κ2) is 4.34. The summed E-state index contributed by atoms with van der Waals surface area (Å²) in [4.78, 5) is 24.7. The molecule has 0 radical (unpaired) electrons. The summed E-state index contributed by atoms with van der Waals surface area (Å²) in [7, 11) is 0. The quantitative estimate of drug-likeness (QED) is 0.819. The lowest BCUT2D eigenvalue weighted by Crippen LogP contribution is -2.30. The van der Waals surface area contributed by atoms with Crippen LogP contribution < -0.4 is 10.6 Å². The number of anilines is 2. The Morgan fingerprint density at radius 1 is 1.35 bits per heavy atom. The van der Waals surface area contributed by atoms with Crippen molar-refractivity contribution in [1.82, 2.24) is 10.3 Å². The number of nitrogens with zero attached hydrogens (tertiary/aromatic N) is 3. The van der Waals surface area contributed by atoms with Gasteiger partial charge in [0.05, 0.1) is 5.56 Å². The van der Waals surface area contributed by atoms with Gasteiger partial charge in [0.1, 0.15) is 0 Å². The van der Waals surface area contributed by atoms with Crippen molar-refractivity contribution in [3.63, 3.8) is 0 Å². The summed E-state index contributed by atoms with van der Waals surface area (Å²) >= 11 is 0. The van der Waals surface area contributed by atoms with Crippen LogP contribution in [0.15, 0.2) is 22.8 Å². The van der Waals surface area contributed by atoms with Crippen LogP contribution in [-0.2, 0) is 6.42 Å². The van der Waals surface area contributed by atoms with Crippen LogP contribution in [0.25, 0.3) is 0 Å². The highest BCUT2D eigenvalue weighted by Gasteiger charge is 2.30. The molecule has 1 aromatic carbocycles. The summed E-state index contributed by atoms with van der Waals surface area (Å²) in [6.07, 6.45) is 0.645. The molecule has 0 spiro atoms. The Hall–Kier alpha value is -2.90. The van der Waals surface area contributed by atoms with Gasteiger partial charge in [-0.2, -0.15) is 0 Å². The SMILES string of the molecule is Nc1nonc1C(=O)N1CCc2ccc(C(=O)O)cc21. The van der Waals surface area contributed by atoms with Crippen molar-refractivity contribution < 1.29 is 19.3 Å². The molecule has 102 valence electrons. The number of nitrogen functional groups attached to an aromatic ring is 1. The Labute approximate surface area is 112 Å². The average molecular weight is 274 g/mol. The standard InChI is InChI=1S/C12H10N4O4/c13-10-9(14-20-15-10)11(17)16-4-3-6-1-2-7(12(18)19)5-8(6)16/h1-2,5H,3-4H2,(H2,13,15)(H,18,19). The Balaban J connectivity index is 2.00. The number of carboxylic acids is 1. The predicted molar refractivity (Wildman–Crippen MR) is 67.5 cm³/mol. The molecule has 1 aromatic heterocycles. The minimum absolute atomic E-state index is 0.0708. The fourth-order valence-corrected chi connectivity index (χ4v) is 2.19. The zero-order valence-corrected chi connectivity index (χ0v) is 10.2. The topological polar surface area (TPSA) is 123 Å². The molecule has 0 unspecified atom stereocenters. The molecule has 1 aliphatic rings. The number of rotatable bonds is 2. The number of carboxylic acid groups (broad SMARTS) is 1. The largest absolute Gasteiger partial charge is 0.478 e. The number of nitrogens with two attached hydrogens (primary N) is 1. The van der Waals surface area contributed by atoms with Gasteiger partial charge in [-0.3, -0.25) is 4.79 Å². The van der Waals surface area contributed by atoms with Gasteiger partial charge in [-0.25, -0.2) is 9.42 Å². The summed E-state index contributed by atoms with van der Waals surface area (Å²) in [6, 6.07) is 4.68. The summed E-state index contributed by atoms with van der Waals surface area (Å²) in [5, 5.41) is 15.8. The van der Waals surface area contributed by atoms with Crippen molar-refractivity contribution in [2.45, 2.75) is 6.42 Å². The predicted octanol–water partition coefficient (Wildman–Crippen LogP) is 0.553. The molecular formula is C12H10N4O4. The number of hydrogen-bond donors (Lipinski definition) is 2. The van der Waals surface area contributed by atoms with Gasteiger partial charge in [0, 0.05) is 12.2 Å². The summed E-state index contributed by atoms with van der Waals surface area (Å²) in [5.74, 6) is -1.59. The number of fused-ring (bicyclic) bond motifs is 1. The van der Waals surface area contributed by atoms with Gasteiger partial charge in [0.2, 0.25) is 11.5 Å². The fourth-order valence-electron chi connectivity index (χ4n) is 2.19. The lowest BCUT2D eigenvalue weighted by atomic mass is 10.1. The number of hydrogen-bond acceptors (Lipinski definition) is 6. The first-order valence-corrected chi connectivity index (χ1v) is 5.84. The van der Waals surface area contributed by atoms with E-state index in [0.29, 0.717) is 18.7 Å². The van der Waals surface area contributed by atoms with Crippen molar-refractivity contribution >= 4 is 23.4 Å². The minimum Gasteiger partial charge on any atom is -0.478 e. The van der Waals surface area contributed by atoms with Crippen LogP contribution in [0, 0.1) is 0 Å². The van der Waals surface area contributed by atoms with E-state index in [0.717, 1.165) is 5.56 Å². The molecule has 2 aromatic rings. The first-order valence-electron chi connectivity index (χ1n) is 5.84. The van der Waals surface area contributed by atoms with Gasteiger partial charge in [0.25, 0.3) is 5.91 Å². The van der Waals surface area contributed by atoms with Gasteiger partial charge in [-0.05, 0) is 34.4 Å². The normalized spacial score (nSPS) is 13.3. The molecule has 0 saturated heterocycles. The van der Waals surface area contributed by atoms with E-state index in [-0.39, 0.29) is 17.1 Å². The number of carbonyl (C=O) groups is 2. The van der Waals surface area contributed by atoms with Gasteiger partial charge < -0.3 is 15.7 Å². The van der Waals surface area contributed by atoms with Crippen LogP contribution in [-0.4, -0.2) is 33.8 Å². The molecule has 3 rings (SSSR count). The zero-order chi connectivity index (χ0) is 14.3. The van der Waals surface area contributed by atoms with E-state index in [2.05, 4.69) is 14.9 Å². The van der Waals surface area contributed by atoms with Crippen molar-refractivity contribution in [1.29, 1.82) is 0 Å². The van der Waals surface area contributed by atoms with Crippen molar-refractivity contribution in [2.75, 3.05) is 17.2 Å². The van der Waals surface area contributed by atoms with E-state index < -0.39 is 11.9 Å². The van der Waals surface area contributed by atoms with E-state index in [9.17, 15) is 9.59 Å². The maximum atomic E-state index is 12.3. The number of carbonyl (C=O) groups excluding carboxylic acids is 1. The Morgan fingerprint density at radius 3 is 2.80 bits per heavy atom. The molecule has 0 atom stereocenters. The summed E-state index contributed by atoms with van der Waals surface area (Å²) in [6.45, 7) is 0.434. The highest BCUT2D eigenvalue weighted by molar-refractivity contribution is 6.08. The molecule has 8 heteroatoms. The average Bonchev–Trinajstić information content (AvgIpc) is 3.03. The Bertz CT molecular complexity index is 709. The lowest BCUT2D eigenvalue weighted by Gasteiger charge is -2.16. The molecule has 3 N–H and O–H groups in total. The van der Waals surface area contributed by atoms with Crippen molar-refractivity contribution in [2.24, 2.45) is 0 Å². The molecule has 0 aliphatic carbocycles. The molecule has 0 bridgehead atoms. The maximum absolute atomic E-state index is 12.3. The van der Waals surface area contributed by atoms with Crippen LogP contribution in [0.2, 0.25) is 0 Å². The Kier molecular flexibility index (Phi) is 2.63. The zero-order valence-electron chi connectivity index (χ0n) is 10.2. The van der Waals surface area contributed by atoms with Crippen molar-refractivity contribution in [3.8, 4) is 0 Å².